The Kier molecular flexibility index (Phi) is 11.7. The number of halogens is 2. The van der Waals surface area contributed by atoms with E-state index in [1.54, 1.807) is 12.1 Å². The third-order valence-corrected chi connectivity index (χ3v) is 5.86. The van der Waals surface area contributed by atoms with E-state index in [1.807, 2.05) is 38.1 Å². The van der Waals surface area contributed by atoms with Crippen molar-refractivity contribution in [3.8, 4) is 0 Å². The predicted octanol–water partition coefficient (Wildman–Crippen LogP) is 6.10. The van der Waals surface area contributed by atoms with Crippen molar-refractivity contribution in [1.29, 1.82) is 0 Å². The molecule has 7 heteroatoms. The van der Waals surface area contributed by atoms with Crippen molar-refractivity contribution in [3.63, 3.8) is 0 Å². The van der Waals surface area contributed by atoms with Crippen molar-refractivity contribution < 1.29 is 4.39 Å². The van der Waals surface area contributed by atoms with Crippen LogP contribution in [0.15, 0.2) is 52.8 Å². The first-order chi connectivity index (χ1) is 14.2. The van der Waals surface area contributed by atoms with Crippen molar-refractivity contribution in [2.75, 3.05) is 25.5 Å². The van der Waals surface area contributed by atoms with Gasteiger partial charge in [-0.1, -0.05) is 47.5 Å². The van der Waals surface area contributed by atoms with Crippen molar-refractivity contribution in [3.05, 3.63) is 53.3 Å². The standard InChI is InChI=1S/C23H37ClFN5/c1-8-14-26-18(5)17(4)19(6)28-29-30(7)15-13-22(16(3)9-2)27-23-20(24)11-10-12-21(23)25/h8-12,17-19,22,26-27H,1,13-15H2,2-7H3/b16-9+,29-28?/t17-,18+,19?,22?/m1/s1. The van der Waals surface area contributed by atoms with E-state index in [2.05, 4.69) is 48.3 Å². The number of para-hydroxylation sites is 1. The highest BCUT2D eigenvalue weighted by atomic mass is 35.5. The molecule has 4 atom stereocenters. The molecule has 0 heterocycles. The lowest BCUT2D eigenvalue weighted by atomic mass is 9.96. The summed E-state index contributed by atoms with van der Waals surface area (Å²) in [5.41, 5.74) is 1.45. The van der Waals surface area contributed by atoms with E-state index in [4.69, 9.17) is 11.6 Å². The summed E-state index contributed by atoms with van der Waals surface area (Å²) >= 11 is 6.18. The van der Waals surface area contributed by atoms with Gasteiger partial charge in [0, 0.05) is 32.2 Å². The molecule has 0 aliphatic heterocycles. The predicted molar refractivity (Wildman–Crippen MR) is 127 cm³/mol. The number of allylic oxidation sites excluding steroid dienone is 1. The molecule has 0 saturated carbocycles. The summed E-state index contributed by atoms with van der Waals surface area (Å²) in [5.74, 6) is -0.0172. The molecule has 0 fully saturated rings. The molecular weight excluding hydrogens is 401 g/mol. The Labute approximate surface area is 186 Å². The van der Waals surface area contributed by atoms with E-state index in [9.17, 15) is 4.39 Å². The summed E-state index contributed by atoms with van der Waals surface area (Å²) in [7, 11) is 1.90. The molecule has 0 amide bonds. The van der Waals surface area contributed by atoms with Crippen LogP contribution < -0.4 is 10.6 Å². The number of rotatable bonds is 13. The Morgan fingerprint density at radius 1 is 1.33 bits per heavy atom. The maximum Gasteiger partial charge on any atom is 0.147 e. The molecular formula is C23H37ClFN5. The minimum Gasteiger partial charge on any atom is -0.375 e. The van der Waals surface area contributed by atoms with Crippen LogP contribution in [-0.2, 0) is 0 Å². The van der Waals surface area contributed by atoms with Gasteiger partial charge in [-0.3, -0.25) is 5.01 Å². The van der Waals surface area contributed by atoms with Crippen LogP contribution in [0.1, 0.15) is 41.0 Å². The second-order valence-corrected chi connectivity index (χ2v) is 8.19. The van der Waals surface area contributed by atoms with Crippen molar-refractivity contribution >= 4 is 17.3 Å². The fourth-order valence-electron chi connectivity index (χ4n) is 2.93. The molecule has 30 heavy (non-hydrogen) atoms. The number of anilines is 1. The number of hydrogen-bond acceptors (Lipinski definition) is 4. The van der Waals surface area contributed by atoms with Crippen molar-refractivity contribution in [1.82, 2.24) is 10.3 Å². The van der Waals surface area contributed by atoms with Gasteiger partial charge in [-0.05, 0) is 52.2 Å². The Hall–Kier alpha value is -1.92. The molecule has 0 aliphatic rings. The van der Waals surface area contributed by atoms with E-state index in [-0.39, 0.29) is 17.9 Å². The zero-order valence-corrected chi connectivity index (χ0v) is 19.9. The summed E-state index contributed by atoms with van der Waals surface area (Å²) < 4.78 is 14.2. The van der Waals surface area contributed by atoms with Crippen molar-refractivity contribution in [2.24, 2.45) is 16.3 Å². The van der Waals surface area contributed by atoms with Crippen LogP contribution in [0.3, 0.4) is 0 Å². The summed E-state index contributed by atoms with van der Waals surface area (Å²) in [6.45, 7) is 15.6. The Morgan fingerprint density at radius 2 is 2.03 bits per heavy atom. The summed E-state index contributed by atoms with van der Waals surface area (Å²) in [6, 6.07) is 5.04. The summed E-state index contributed by atoms with van der Waals surface area (Å²) in [4.78, 5) is 0. The first-order valence-corrected chi connectivity index (χ1v) is 10.9. The highest BCUT2D eigenvalue weighted by molar-refractivity contribution is 6.33. The summed E-state index contributed by atoms with van der Waals surface area (Å²) in [5, 5.41) is 17.7. The van der Waals surface area contributed by atoms with Crippen LogP contribution in [0.25, 0.3) is 0 Å². The molecule has 0 aromatic heterocycles. The van der Waals surface area contributed by atoms with Crippen LogP contribution in [0, 0.1) is 11.7 Å². The molecule has 0 saturated heterocycles. The lowest BCUT2D eigenvalue weighted by Gasteiger charge is -2.25. The molecule has 0 bridgehead atoms. The number of nitrogens with one attached hydrogen (secondary N) is 2. The van der Waals surface area contributed by atoms with Gasteiger partial charge in [0.05, 0.1) is 16.8 Å². The lowest BCUT2D eigenvalue weighted by Crippen LogP contribution is -2.36. The number of nitrogens with zero attached hydrogens (tertiary/aromatic N) is 3. The first-order valence-electron chi connectivity index (χ1n) is 10.5. The van der Waals surface area contributed by atoms with E-state index >= 15 is 0 Å². The molecule has 168 valence electrons. The molecule has 5 nitrogen and oxygen atoms in total. The van der Waals surface area contributed by atoms with E-state index in [0.29, 0.717) is 29.2 Å². The van der Waals surface area contributed by atoms with Gasteiger partial charge in [0.1, 0.15) is 5.82 Å². The van der Waals surface area contributed by atoms with Crippen molar-refractivity contribution in [2.45, 2.75) is 59.2 Å². The minimum absolute atomic E-state index is 0.0541. The SMILES string of the molecule is C=CCN[C@@H](C)[C@@H](C)C(C)N=NN(C)CCC(Nc1c(F)cccc1Cl)/C(C)=C/C. The number of benzene rings is 1. The molecule has 0 aliphatic carbocycles. The zero-order valence-electron chi connectivity index (χ0n) is 19.1. The van der Waals surface area contributed by atoms with Gasteiger partial charge < -0.3 is 10.6 Å². The van der Waals surface area contributed by atoms with E-state index < -0.39 is 0 Å². The fraction of sp³-hybridized carbons (Fsp3) is 0.565. The van der Waals surface area contributed by atoms with Gasteiger partial charge in [0.25, 0.3) is 0 Å². The van der Waals surface area contributed by atoms with E-state index in [0.717, 1.165) is 18.5 Å². The molecule has 1 rings (SSSR count). The van der Waals surface area contributed by atoms with Gasteiger partial charge in [-0.25, -0.2) is 4.39 Å². The quantitative estimate of drug-likeness (QED) is 0.222. The highest BCUT2D eigenvalue weighted by Gasteiger charge is 2.19. The molecule has 2 N–H and O–H groups in total. The molecule has 0 radical (unpaired) electrons. The number of hydrogen-bond donors (Lipinski definition) is 2. The summed E-state index contributed by atoms with van der Waals surface area (Å²) in [6.07, 6.45) is 4.61. The largest absolute Gasteiger partial charge is 0.375 e. The van der Waals surface area contributed by atoms with Gasteiger partial charge >= 0.3 is 0 Å². The van der Waals surface area contributed by atoms with Crippen LogP contribution in [0.2, 0.25) is 5.02 Å². The third-order valence-electron chi connectivity index (χ3n) is 5.55. The van der Waals surface area contributed by atoms with Crippen LogP contribution >= 0.6 is 11.6 Å². The third kappa shape index (κ3) is 8.44. The maximum atomic E-state index is 14.2. The monoisotopic (exact) mass is 437 g/mol. The average Bonchev–Trinajstić information content (AvgIpc) is 2.73. The fourth-order valence-corrected chi connectivity index (χ4v) is 3.15. The van der Waals surface area contributed by atoms with Crippen LogP contribution in [-0.4, -0.2) is 43.3 Å². The minimum atomic E-state index is -0.355. The molecule has 1 aromatic rings. The second-order valence-electron chi connectivity index (χ2n) is 7.79. The normalized spacial score (nSPS) is 16.2. The molecule has 0 spiro atoms. The average molecular weight is 438 g/mol. The maximum absolute atomic E-state index is 14.2. The van der Waals surface area contributed by atoms with Gasteiger partial charge in [-0.2, -0.15) is 5.11 Å². The van der Waals surface area contributed by atoms with E-state index in [1.165, 1.54) is 6.07 Å². The smallest absolute Gasteiger partial charge is 0.147 e. The Bertz CT molecular complexity index is 701. The second kappa shape index (κ2) is 13.4. The van der Waals surface area contributed by atoms with Crippen LogP contribution in [0.5, 0.6) is 0 Å². The Morgan fingerprint density at radius 3 is 2.63 bits per heavy atom. The topological polar surface area (TPSA) is 52.0 Å². The lowest BCUT2D eigenvalue weighted by molar-refractivity contribution is 0.288. The molecule has 1 aromatic carbocycles. The zero-order chi connectivity index (χ0) is 22.7. The molecule has 2 unspecified atom stereocenters. The van der Waals surface area contributed by atoms with Gasteiger partial charge in [0.2, 0.25) is 0 Å². The highest BCUT2D eigenvalue weighted by Crippen LogP contribution is 2.27. The van der Waals surface area contributed by atoms with Gasteiger partial charge in [0.15, 0.2) is 0 Å². The Balaban J connectivity index is 2.68. The van der Waals surface area contributed by atoms with Crippen LogP contribution in [0.4, 0.5) is 10.1 Å². The first kappa shape index (κ1) is 26.1. The van der Waals surface area contributed by atoms with Gasteiger partial charge in [-0.15, -0.1) is 6.58 Å².